The second-order valence-corrected chi connectivity index (χ2v) is 9.93. The van der Waals surface area contributed by atoms with Gasteiger partial charge in [-0.25, -0.2) is 8.42 Å². The van der Waals surface area contributed by atoms with Crippen molar-refractivity contribution in [3.8, 4) is 0 Å². The van der Waals surface area contributed by atoms with Gasteiger partial charge in [0.15, 0.2) is 0 Å². The molecule has 2 aromatic rings. The van der Waals surface area contributed by atoms with E-state index in [-0.39, 0.29) is 12.4 Å². The SMILES string of the molecule is CCN(CCCN1CCc2cccc3c2C1CC3)S(=O)(=O)c1ccc(C)cc1.Cl. The average molecular weight is 435 g/mol. The molecule has 0 saturated heterocycles. The first kappa shape index (κ1) is 22.3. The fourth-order valence-corrected chi connectivity index (χ4v) is 6.26. The van der Waals surface area contributed by atoms with Crippen molar-refractivity contribution in [1.29, 1.82) is 0 Å². The lowest BCUT2D eigenvalue weighted by atomic mass is 9.93. The number of nitrogens with zero attached hydrogens (tertiary/aromatic N) is 2. The molecular formula is C23H31ClN2O2S. The van der Waals surface area contributed by atoms with Crippen molar-refractivity contribution < 1.29 is 8.42 Å². The van der Waals surface area contributed by atoms with Crippen LogP contribution in [0.1, 0.15) is 48.1 Å². The van der Waals surface area contributed by atoms with Crippen molar-refractivity contribution in [1.82, 2.24) is 9.21 Å². The summed E-state index contributed by atoms with van der Waals surface area (Å²) in [5, 5.41) is 0. The lowest BCUT2D eigenvalue weighted by molar-refractivity contribution is 0.179. The molecule has 4 rings (SSSR count). The third kappa shape index (κ3) is 4.38. The summed E-state index contributed by atoms with van der Waals surface area (Å²) < 4.78 is 27.5. The van der Waals surface area contributed by atoms with Gasteiger partial charge in [-0.15, -0.1) is 12.4 Å². The van der Waals surface area contributed by atoms with Crippen molar-refractivity contribution in [2.45, 2.75) is 50.5 Å². The first-order chi connectivity index (χ1) is 13.5. The Bertz CT molecular complexity index is 944. The van der Waals surface area contributed by atoms with Crippen molar-refractivity contribution >= 4 is 22.4 Å². The standard InChI is InChI=1S/C23H30N2O2S.ClH/c1-3-25(28(26,27)21-11-8-18(2)9-12-21)16-5-15-24-17-14-20-7-4-6-19-10-13-22(24)23(19)20;/h4,6-9,11-12,22H,3,5,10,13-17H2,1-2H3;1H. The van der Waals surface area contributed by atoms with Gasteiger partial charge in [-0.3, -0.25) is 4.90 Å². The lowest BCUT2D eigenvalue weighted by Gasteiger charge is -2.35. The molecule has 158 valence electrons. The first-order valence-corrected chi connectivity index (χ1v) is 11.9. The lowest BCUT2D eigenvalue weighted by Crippen LogP contribution is -2.38. The topological polar surface area (TPSA) is 40.6 Å². The Balaban J connectivity index is 0.00000240. The number of halogens is 1. The smallest absolute Gasteiger partial charge is 0.243 e. The zero-order valence-electron chi connectivity index (χ0n) is 17.3. The van der Waals surface area contributed by atoms with E-state index in [0.717, 1.165) is 31.5 Å². The predicted octanol–water partition coefficient (Wildman–Crippen LogP) is 4.36. The molecule has 0 radical (unpaired) electrons. The Kier molecular flexibility index (Phi) is 7.05. The minimum atomic E-state index is -3.41. The molecule has 0 fully saturated rings. The molecule has 1 heterocycles. The van der Waals surface area contributed by atoms with Crippen LogP contribution in [-0.4, -0.2) is 43.8 Å². The Labute approximate surface area is 181 Å². The van der Waals surface area contributed by atoms with Crippen molar-refractivity contribution in [3.63, 3.8) is 0 Å². The molecule has 1 atom stereocenters. The fraction of sp³-hybridized carbons (Fsp3) is 0.478. The summed E-state index contributed by atoms with van der Waals surface area (Å²) in [6.07, 6.45) is 4.35. The van der Waals surface area contributed by atoms with Gasteiger partial charge < -0.3 is 0 Å². The summed E-state index contributed by atoms with van der Waals surface area (Å²) in [6.45, 7) is 7.01. The van der Waals surface area contributed by atoms with Crippen molar-refractivity contribution in [3.05, 3.63) is 64.7 Å². The number of aryl methyl sites for hydroxylation is 2. The summed E-state index contributed by atoms with van der Waals surface area (Å²) in [5.74, 6) is 0. The summed E-state index contributed by atoms with van der Waals surface area (Å²) in [6, 6.07) is 14.4. The molecule has 6 heteroatoms. The average Bonchev–Trinajstić information content (AvgIpc) is 3.13. The quantitative estimate of drug-likeness (QED) is 0.649. The molecule has 0 aromatic heterocycles. The van der Waals surface area contributed by atoms with E-state index in [1.807, 2.05) is 26.0 Å². The molecule has 0 N–H and O–H groups in total. The number of benzene rings is 2. The monoisotopic (exact) mass is 434 g/mol. The third-order valence-corrected chi connectivity index (χ3v) is 8.27. The largest absolute Gasteiger partial charge is 0.296 e. The van der Waals surface area contributed by atoms with E-state index in [4.69, 9.17) is 0 Å². The van der Waals surface area contributed by atoms with Crippen LogP contribution in [0.25, 0.3) is 0 Å². The molecule has 1 aliphatic carbocycles. The molecule has 29 heavy (non-hydrogen) atoms. The van der Waals surface area contributed by atoms with E-state index in [1.165, 1.54) is 24.0 Å². The minimum absolute atomic E-state index is 0. The summed E-state index contributed by atoms with van der Waals surface area (Å²) in [4.78, 5) is 2.97. The van der Waals surface area contributed by atoms with Crippen molar-refractivity contribution in [2.24, 2.45) is 0 Å². The normalized spacial score (nSPS) is 18.5. The molecule has 1 aliphatic heterocycles. The molecular weight excluding hydrogens is 404 g/mol. The second kappa shape index (κ2) is 9.17. The molecule has 2 aliphatic rings. The molecule has 0 amide bonds. The molecule has 0 bridgehead atoms. The van der Waals surface area contributed by atoms with Gasteiger partial charge in [0.25, 0.3) is 0 Å². The van der Waals surface area contributed by atoms with Crippen LogP contribution in [0.15, 0.2) is 47.4 Å². The molecule has 0 saturated carbocycles. The van der Waals surface area contributed by atoms with E-state index in [2.05, 4.69) is 23.1 Å². The second-order valence-electron chi connectivity index (χ2n) is 7.99. The Morgan fingerprint density at radius 3 is 2.45 bits per heavy atom. The van der Waals surface area contributed by atoms with E-state index in [0.29, 0.717) is 24.0 Å². The summed E-state index contributed by atoms with van der Waals surface area (Å²) in [5.41, 5.74) is 5.68. The van der Waals surface area contributed by atoms with Gasteiger partial charge in [0.1, 0.15) is 0 Å². The zero-order chi connectivity index (χ0) is 19.7. The van der Waals surface area contributed by atoms with Gasteiger partial charge in [-0.05, 0) is 61.4 Å². The number of sulfonamides is 1. The van der Waals surface area contributed by atoms with Crippen LogP contribution in [0.4, 0.5) is 0 Å². The minimum Gasteiger partial charge on any atom is -0.296 e. The number of hydrogen-bond donors (Lipinski definition) is 0. The Hall–Kier alpha value is -1.40. The maximum Gasteiger partial charge on any atom is 0.243 e. The van der Waals surface area contributed by atoms with E-state index in [9.17, 15) is 8.42 Å². The highest BCUT2D eigenvalue weighted by atomic mass is 35.5. The maximum atomic E-state index is 13.0. The molecule has 1 unspecified atom stereocenters. The number of hydrogen-bond acceptors (Lipinski definition) is 3. The Morgan fingerprint density at radius 2 is 1.76 bits per heavy atom. The van der Waals surface area contributed by atoms with Crippen LogP contribution in [0.3, 0.4) is 0 Å². The van der Waals surface area contributed by atoms with Gasteiger partial charge in [0.2, 0.25) is 10.0 Å². The van der Waals surface area contributed by atoms with Crippen LogP contribution in [0.5, 0.6) is 0 Å². The maximum absolute atomic E-state index is 13.0. The highest BCUT2D eigenvalue weighted by molar-refractivity contribution is 7.89. The van der Waals surface area contributed by atoms with E-state index in [1.54, 1.807) is 22.0 Å². The molecule has 0 spiro atoms. The predicted molar refractivity (Wildman–Crippen MR) is 120 cm³/mol. The highest BCUT2D eigenvalue weighted by Gasteiger charge is 2.33. The summed E-state index contributed by atoms with van der Waals surface area (Å²) in [7, 11) is -3.41. The van der Waals surface area contributed by atoms with Crippen LogP contribution in [0.2, 0.25) is 0 Å². The first-order valence-electron chi connectivity index (χ1n) is 10.4. The zero-order valence-corrected chi connectivity index (χ0v) is 18.9. The van der Waals surface area contributed by atoms with E-state index < -0.39 is 10.0 Å². The van der Waals surface area contributed by atoms with Gasteiger partial charge in [-0.1, -0.05) is 42.8 Å². The van der Waals surface area contributed by atoms with Crippen molar-refractivity contribution in [2.75, 3.05) is 26.2 Å². The highest BCUT2D eigenvalue weighted by Crippen LogP contribution is 2.41. The van der Waals surface area contributed by atoms with Crippen LogP contribution < -0.4 is 0 Å². The van der Waals surface area contributed by atoms with E-state index >= 15 is 0 Å². The molecule has 4 nitrogen and oxygen atoms in total. The fourth-order valence-electron chi connectivity index (χ4n) is 4.78. The Morgan fingerprint density at radius 1 is 1.07 bits per heavy atom. The van der Waals surface area contributed by atoms with Crippen LogP contribution in [0, 0.1) is 6.92 Å². The van der Waals surface area contributed by atoms with Crippen LogP contribution in [-0.2, 0) is 22.9 Å². The van der Waals surface area contributed by atoms with Gasteiger partial charge in [0, 0.05) is 32.2 Å². The van der Waals surface area contributed by atoms with Gasteiger partial charge in [-0.2, -0.15) is 4.31 Å². The summed E-state index contributed by atoms with van der Waals surface area (Å²) >= 11 is 0. The number of rotatable bonds is 7. The van der Waals surface area contributed by atoms with Gasteiger partial charge >= 0.3 is 0 Å². The van der Waals surface area contributed by atoms with Gasteiger partial charge in [0.05, 0.1) is 4.90 Å². The third-order valence-electron chi connectivity index (χ3n) is 6.28. The molecule has 2 aromatic carbocycles. The van der Waals surface area contributed by atoms with Crippen LogP contribution >= 0.6 is 12.4 Å².